The van der Waals surface area contributed by atoms with Crippen LogP contribution in [0.5, 0.6) is 11.5 Å². The van der Waals surface area contributed by atoms with E-state index >= 15 is 0 Å². The molecule has 0 heterocycles. The molecule has 0 spiro atoms. The monoisotopic (exact) mass is 732 g/mol. The molecule has 6 rings (SSSR count). The fourth-order valence-corrected chi connectivity index (χ4v) is 6.77. The van der Waals surface area contributed by atoms with E-state index in [1.807, 2.05) is 43.3 Å². The Labute approximate surface area is 323 Å². The highest BCUT2D eigenvalue weighted by Gasteiger charge is 2.27. The number of benzene rings is 4. The molecule has 0 aromatic heterocycles. The Morgan fingerprint density at radius 2 is 1.09 bits per heavy atom. The molecule has 0 radical (unpaired) electrons. The molecule has 0 aliphatic heterocycles. The van der Waals surface area contributed by atoms with Crippen LogP contribution >= 0.6 is 0 Å². The number of aliphatic carboxylic acids is 1. The SMILES string of the molecule is CCOC(=O)C(CC(C)C)c1ccc(OCC2CC2)c(-c2cccc(C)c2)c1.Cc1cccc(-c2cc(C(CC(C)C)C(=O)O)ccc2OCC2CC2)c1. The highest BCUT2D eigenvalue weighted by atomic mass is 16.5. The molecule has 4 aromatic rings. The molecule has 6 heteroatoms. The number of hydrogen-bond acceptors (Lipinski definition) is 5. The Morgan fingerprint density at radius 3 is 1.48 bits per heavy atom. The molecule has 2 saturated carbocycles. The van der Waals surface area contributed by atoms with E-state index in [4.69, 9.17) is 14.2 Å². The minimum absolute atomic E-state index is 0.141. The van der Waals surface area contributed by atoms with Crippen LogP contribution in [0.3, 0.4) is 0 Å². The van der Waals surface area contributed by atoms with Gasteiger partial charge < -0.3 is 19.3 Å². The number of aryl methyl sites for hydroxylation is 2. The summed E-state index contributed by atoms with van der Waals surface area (Å²) in [7, 11) is 0. The summed E-state index contributed by atoms with van der Waals surface area (Å²) in [5.41, 5.74) is 8.48. The van der Waals surface area contributed by atoms with Gasteiger partial charge in [-0.15, -0.1) is 0 Å². The van der Waals surface area contributed by atoms with Crippen molar-refractivity contribution in [3.8, 4) is 33.8 Å². The molecule has 1 N–H and O–H groups in total. The van der Waals surface area contributed by atoms with Gasteiger partial charge >= 0.3 is 11.9 Å². The topological polar surface area (TPSA) is 82.1 Å². The third-order valence-corrected chi connectivity index (χ3v) is 10.1. The Bertz CT molecular complexity index is 1850. The van der Waals surface area contributed by atoms with Gasteiger partial charge in [0.05, 0.1) is 31.7 Å². The van der Waals surface area contributed by atoms with Crippen LogP contribution in [0.25, 0.3) is 22.3 Å². The Hall–Kier alpha value is -4.58. The summed E-state index contributed by atoms with van der Waals surface area (Å²) >= 11 is 0. The maximum Gasteiger partial charge on any atom is 0.313 e. The second kappa shape index (κ2) is 19.1. The van der Waals surface area contributed by atoms with Gasteiger partial charge in [0.15, 0.2) is 0 Å². The van der Waals surface area contributed by atoms with Gasteiger partial charge in [0, 0.05) is 11.1 Å². The van der Waals surface area contributed by atoms with Gasteiger partial charge in [0.2, 0.25) is 0 Å². The molecule has 0 bridgehead atoms. The highest BCUT2D eigenvalue weighted by Crippen LogP contribution is 2.39. The van der Waals surface area contributed by atoms with Gasteiger partial charge in [-0.2, -0.15) is 0 Å². The molecule has 2 atom stereocenters. The number of ether oxygens (including phenoxy) is 3. The molecule has 54 heavy (non-hydrogen) atoms. The molecular formula is C48H60O6. The molecule has 2 fully saturated rings. The molecule has 2 unspecified atom stereocenters. The zero-order valence-corrected chi connectivity index (χ0v) is 33.4. The van der Waals surface area contributed by atoms with Crippen molar-refractivity contribution in [2.45, 2.75) is 98.8 Å². The van der Waals surface area contributed by atoms with Gasteiger partial charge in [-0.1, -0.05) is 99.5 Å². The minimum atomic E-state index is -0.763. The van der Waals surface area contributed by atoms with Crippen LogP contribution in [0.2, 0.25) is 0 Å². The number of carbonyl (C=O) groups is 2. The lowest BCUT2D eigenvalue weighted by molar-refractivity contribution is -0.145. The van der Waals surface area contributed by atoms with Crippen LogP contribution in [0, 0.1) is 37.5 Å². The fourth-order valence-electron chi connectivity index (χ4n) is 6.77. The predicted octanol–water partition coefficient (Wildman–Crippen LogP) is 11.8. The molecule has 4 aromatic carbocycles. The molecule has 0 saturated heterocycles. The second-order valence-electron chi connectivity index (χ2n) is 16.2. The highest BCUT2D eigenvalue weighted by molar-refractivity contribution is 5.81. The fraction of sp³-hybridized carbons (Fsp3) is 0.458. The third-order valence-electron chi connectivity index (χ3n) is 10.1. The van der Waals surface area contributed by atoms with Gasteiger partial charge in [-0.05, 0) is 129 Å². The van der Waals surface area contributed by atoms with Gasteiger partial charge in [-0.25, -0.2) is 0 Å². The van der Waals surface area contributed by atoms with Crippen LogP contribution in [-0.4, -0.2) is 36.9 Å². The first kappa shape index (κ1) is 40.6. The first-order valence-electron chi connectivity index (χ1n) is 20.0. The van der Waals surface area contributed by atoms with Gasteiger partial charge in [0.25, 0.3) is 0 Å². The summed E-state index contributed by atoms with van der Waals surface area (Å²) < 4.78 is 17.6. The van der Waals surface area contributed by atoms with E-state index in [0.29, 0.717) is 36.7 Å². The number of rotatable bonds is 17. The average molecular weight is 733 g/mol. The van der Waals surface area contributed by atoms with E-state index in [2.05, 4.69) is 90.1 Å². The van der Waals surface area contributed by atoms with Crippen LogP contribution < -0.4 is 9.47 Å². The lowest BCUT2D eigenvalue weighted by Crippen LogP contribution is -2.18. The van der Waals surface area contributed by atoms with Crippen LogP contribution in [0.15, 0.2) is 84.9 Å². The van der Waals surface area contributed by atoms with Gasteiger partial charge in [0.1, 0.15) is 11.5 Å². The van der Waals surface area contributed by atoms with E-state index in [1.165, 1.54) is 36.8 Å². The zero-order chi connectivity index (χ0) is 38.8. The van der Waals surface area contributed by atoms with Crippen molar-refractivity contribution in [1.82, 2.24) is 0 Å². The maximum absolute atomic E-state index is 12.6. The number of carbonyl (C=O) groups excluding carboxylic acids is 1. The van der Waals surface area contributed by atoms with Crippen molar-refractivity contribution in [3.05, 3.63) is 107 Å². The van der Waals surface area contributed by atoms with Crippen molar-refractivity contribution in [3.63, 3.8) is 0 Å². The summed E-state index contributed by atoms with van der Waals surface area (Å²) in [4.78, 5) is 24.5. The number of carboxylic acid groups (broad SMARTS) is 1. The normalized spacial score (nSPS) is 14.9. The minimum Gasteiger partial charge on any atom is -0.493 e. The lowest BCUT2D eigenvalue weighted by atomic mass is 9.88. The van der Waals surface area contributed by atoms with Crippen molar-refractivity contribution >= 4 is 11.9 Å². The zero-order valence-electron chi connectivity index (χ0n) is 33.4. The Kier molecular flexibility index (Phi) is 14.4. The molecule has 6 nitrogen and oxygen atoms in total. The third kappa shape index (κ3) is 12.0. The average Bonchev–Trinajstić information content (AvgIpc) is 4.08. The van der Waals surface area contributed by atoms with Crippen molar-refractivity contribution < 1.29 is 28.9 Å². The molecule has 0 amide bonds. The smallest absolute Gasteiger partial charge is 0.313 e. The molecule has 2 aliphatic rings. The second-order valence-corrected chi connectivity index (χ2v) is 16.2. The van der Waals surface area contributed by atoms with Crippen molar-refractivity contribution in [2.24, 2.45) is 23.7 Å². The summed E-state index contributed by atoms with van der Waals surface area (Å²) in [5.74, 6) is 2.20. The van der Waals surface area contributed by atoms with Crippen LogP contribution in [-0.2, 0) is 14.3 Å². The predicted molar refractivity (Wildman–Crippen MR) is 218 cm³/mol. The number of hydrogen-bond donors (Lipinski definition) is 1. The first-order valence-corrected chi connectivity index (χ1v) is 20.0. The lowest BCUT2D eigenvalue weighted by Gasteiger charge is -2.20. The number of carboxylic acids is 1. The maximum atomic E-state index is 12.6. The van der Waals surface area contributed by atoms with Crippen molar-refractivity contribution in [2.75, 3.05) is 19.8 Å². The molecule has 2 aliphatic carbocycles. The summed E-state index contributed by atoms with van der Waals surface area (Å²) in [6, 6.07) is 28.8. The van der Waals surface area contributed by atoms with E-state index in [0.717, 1.165) is 64.5 Å². The standard InChI is InChI=1S/C25H32O3.C23H28O3/c1-5-27-25(26)23(13-17(2)3)21-11-12-24(28-16-19-9-10-19)22(15-21)20-8-6-7-18(4)14-20;1-15(2)11-21(23(24)25)19-9-10-22(26-14-17-7-8-17)20(13-19)18-6-4-5-16(3)12-18/h6-8,11-12,14-15,17,19,23H,5,9-10,13,16H2,1-4H3;4-6,9-10,12-13,15,17,21H,7-8,11,14H2,1-3H3,(H,24,25). The molecule has 288 valence electrons. The largest absolute Gasteiger partial charge is 0.493 e. The first-order chi connectivity index (χ1) is 25.9. The van der Waals surface area contributed by atoms with Gasteiger partial charge in [-0.3, -0.25) is 9.59 Å². The summed E-state index contributed by atoms with van der Waals surface area (Å²) in [5, 5.41) is 9.70. The summed E-state index contributed by atoms with van der Waals surface area (Å²) in [6.45, 7) is 16.3. The van der Waals surface area contributed by atoms with Crippen molar-refractivity contribution in [1.29, 1.82) is 0 Å². The van der Waals surface area contributed by atoms with Crippen LogP contribution in [0.4, 0.5) is 0 Å². The Morgan fingerprint density at radius 1 is 0.648 bits per heavy atom. The van der Waals surface area contributed by atoms with Crippen LogP contribution in [0.1, 0.15) is 107 Å². The number of esters is 1. The quantitative estimate of drug-likeness (QED) is 0.109. The Balaban J connectivity index is 0.000000208. The molecular weight excluding hydrogens is 673 g/mol. The summed E-state index contributed by atoms with van der Waals surface area (Å²) in [6.07, 6.45) is 6.41. The van der Waals surface area contributed by atoms with E-state index in [1.54, 1.807) is 0 Å². The van der Waals surface area contributed by atoms with E-state index < -0.39 is 11.9 Å². The van der Waals surface area contributed by atoms with E-state index in [-0.39, 0.29) is 11.9 Å². The van der Waals surface area contributed by atoms with E-state index in [9.17, 15) is 14.7 Å².